The van der Waals surface area contributed by atoms with Gasteiger partial charge in [0.2, 0.25) is 0 Å². The van der Waals surface area contributed by atoms with Crippen LogP contribution in [-0.4, -0.2) is 23.3 Å². The number of carboxylic acid groups (broad SMARTS) is 1. The first-order valence-corrected chi connectivity index (χ1v) is 2.56. The van der Waals surface area contributed by atoms with Crippen molar-refractivity contribution >= 4 is 11.7 Å². The molecule has 11 heavy (non-hydrogen) atoms. The van der Waals surface area contributed by atoms with E-state index in [0.29, 0.717) is 6.20 Å². The second-order valence-electron chi connectivity index (χ2n) is 1.52. The zero-order chi connectivity index (χ0) is 8.85. The van der Waals surface area contributed by atoms with Gasteiger partial charge >= 0.3 is 12.5 Å². The molecule has 0 fully saturated rings. The van der Waals surface area contributed by atoms with Crippen LogP contribution >= 0.6 is 0 Å². The average Bonchev–Trinajstić information content (AvgIpc) is 1.86. The van der Waals surface area contributed by atoms with E-state index in [1.165, 1.54) is 5.32 Å². The monoisotopic (exact) mass is 164 g/mol. The number of aliphatic carboxylic acids is 1. The Morgan fingerprint density at radius 1 is 1.64 bits per heavy atom. The lowest BCUT2D eigenvalue weighted by molar-refractivity contribution is -0.129. The Balaban J connectivity index is 3.75. The Kier molecular flexibility index (Phi) is 3.79. The van der Waals surface area contributed by atoms with Gasteiger partial charge in [0, 0.05) is 6.20 Å². The number of hydrogen-bond donors (Lipinski definition) is 3. The zero-order valence-electron chi connectivity index (χ0n) is 5.34. The molecule has 0 radical (unpaired) electrons. The van der Waals surface area contributed by atoms with Crippen LogP contribution in [0.1, 0.15) is 0 Å². The first kappa shape index (κ1) is 9.54. The topological polar surface area (TPSA) is 73.2 Å². The van der Waals surface area contributed by atoms with E-state index in [4.69, 9.17) is 10.5 Å². The van der Waals surface area contributed by atoms with E-state index < -0.39 is 18.2 Å². The van der Waals surface area contributed by atoms with Crippen LogP contribution in [0.5, 0.6) is 0 Å². The molecule has 0 spiro atoms. The standard InChI is InChI=1S/C5H6F2N2O2/c6-5(7)9-2-1-3(8)4(10)11/h1-2,5,8-9H,(H,10,11)/b2-1-,8-3?. The summed E-state index contributed by atoms with van der Waals surface area (Å²) in [5, 5.41) is 16.2. The van der Waals surface area contributed by atoms with Gasteiger partial charge in [-0.05, 0) is 6.08 Å². The molecular formula is C5H6F2N2O2. The van der Waals surface area contributed by atoms with Gasteiger partial charge in [-0.1, -0.05) is 0 Å². The molecule has 0 atom stereocenters. The summed E-state index contributed by atoms with van der Waals surface area (Å²) in [7, 11) is 0. The van der Waals surface area contributed by atoms with Gasteiger partial charge in [-0.2, -0.15) is 8.78 Å². The van der Waals surface area contributed by atoms with Crippen LogP contribution in [-0.2, 0) is 4.79 Å². The van der Waals surface area contributed by atoms with Gasteiger partial charge in [0.15, 0.2) is 0 Å². The molecule has 62 valence electrons. The summed E-state index contributed by atoms with van der Waals surface area (Å²) in [5.74, 6) is -1.46. The van der Waals surface area contributed by atoms with E-state index in [1.807, 2.05) is 0 Å². The van der Waals surface area contributed by atoms with Crippen molar-refractivity contribution in [3.8, 4) is 0 Å². The number of nitrogens with one attached hydrogen (secondary N) is 2. The maximum absolute atomic E-state index is 11.3. The number of carbonyl (C=O) groups is 1. The van der Waals surface area contributed by atoms with Gasteiger partial charge in [0.25, 0.3) is 0 Å². The number of halogens is 2. The molecule has 3 N–H and O–H groups in total. The summed E-state index contributed by atoms with van der Waals surface area (Å²) in [5.41, 5.74) is -0.752. The van der Waals surface area contributed by atoms with Crippen molar-refractivity contribution in [2.24, 2.45) is 0 Å². The Hall–Kier alpha value is -1.46. The Morgan fingerprint density at radius 2 is 2.18 bits per heavy atom. The predicted molar refractivity (Wildman–Crippen MR) is 33.6 cm³/mol. The van der Waals surface area contributed by atoms with Crippen LogP contribution in [0.15, 0.2) is 12.3 Å². The van der Waals surface area contributed by atoms with Crippen molar-refractivity contribution in [2.75, 3.05) is 0 Å². The van der Waals surface area contributed by atoms with Crippen molar-refractivity contribution in [3.05, 3.63) is 12.3 Å². The molecule has 4 nitrogen and oxygen atoms in total. The smallest absolute Gasteiger partial charge is 0.353 e. The van der Waals surface area contributed by atoms with Gasteiger partial charge in [-0.25, -0.2) is 4.79 Å². The minimum Gasteiger partial charge on any atom is -0.477 e. The molecule has 0 aliphatic carbocycles. The summed E-state index contributed by atoms with van der Waals surface area (Å²) >= 11 is 0. The highest BCUT2D eigenvalue weighted by atomic mass is 19.3. The molecule has 0 unspecified atom stereocenters. The van der Waals surface area contributed by atoms with E-state index in [0.717, 1.165) is 6.08 Å². The minimum absolute atomic E-state index is 0.709. The highest BCUT2D eigenvalue weighted by molar-refractivity contribution is 6.38. The molecule has 0 bridgehead atoms. The van der Waals surface area contributed by atoms with E-state index in [9.17, 15) is 13.6 Å². The van der Waals surface area contributed by atoms with Crippen molar-refractivity contribution < 1.29 is 18.7 Å². The average molecular weight is 164 g/mol. The maximum Gasteiger partial charge on any atom is 0.353 e. The van der Waals surface area contributed by atoms with Crippen LogP contribution in [0, 0.1) is 5.41 Å². The summed E-state index contributed by atoms with van der Waals surface area (Å²) in [6, 6.07) is 0. The molecule has 0 aromatic rings. The van der Waals surface area contributed by atoms with Gasteiger partial charge in [-0.15, -0.1) is 0 Å². The van der Waals surface area contributed by atoms with Gasteiger partial charge < -0.3 is 10.4 Å². The minimum atomic E-state index is -2.74. The van der Waals surface area contributed by atoms with Crippen LogP contribution in [0.25, 0.3) is 0 Å². The molecule has 0 aromatic heterocycles. The Labute approximate surface area is 61.0 Å². The fourth-order valence-corrected chi connectivity index (χ4v) is 0.275. The largest absolute Gasteiger partial charge is 0.477 e. The highest BCUT2D eigenvalue weighted by Gasteiger charge is 2.00. The third kappa shape index (κ3) is 5.01. The molecule has 0 heterocycles. The number of carboxylic acids is 1. The summed E-state index contributed by atoms with van der Waals surface area (Å²) in [6.45, 7) is -2.74. The number of alkyl halides is 2. The quantitative estimate of drug-likeness (QED) is 0.416. The lowest BCUT2D eigenvalue weighted by Gasteiger charge is -1.94. The molecule has 0 aliphatic rings. The third-order valence-corrected chi connectivity index (χ3v) is 0.703. The van der Waals surface area contributed by atoms with Crippen molar-refractivity contribution in [1.82, 2.24) is 5.32 Å². The van der Waals surface area contributed by atoms with Gasteiger partial charge in [0.1, 0.15) is 5.71 Å². The molecule has 0 saturated heterocycles. The van der Waals surface area contributed by atoms with Crippen LogP contribution in [0.4, 0.5) is 8.78 Å². The second-order valence-corrected chi connectivity index (χ2v) is 1.52. The number of hydrogen-bond acceptors (Lipinski definition) is 3. The maximum atomic E-state index is 11.3. The van der Waals surface area contributed by atoms with Gasteiger partial charge in [0.05, 0.1) is 0 Å². The summed E-state index contributed by atoms with van der Waals surface area (Å²) < 4.78 is 22.6. The molecule has 0 aliphatic heterocycles. The lowest BCUT2D eigenvalue weighted by Crippen LogP contribution is -2.14. The van der Waals surface area contributed by atoms with E-state index in [2.05, 4.69) is 0 Å². The first-order chi connectivity index (χ1) is 5.04. The zero-order valence-corrected chi connectivity index (χ0v) is 5.34. The molecule has 6 heteroatoms. The molecule has 0 saturated carbocycles. The van der Waals surface area contributed by atoms with Crippen molar-refractivity contribution in [2.45, 2.75) is 6.55 Å². The molecule has 0 amide bonds. The highest BCUT2D eigenvalue weighted by Crippen LogP contribution is 1.84. The lowest BCUT2D eigenvalue weighted by atomic mass is 10.4. The SMILES string of the molecule is N=C(/C=C\NC(F)F)C(=O)O. The van der Waals surface area contributed by atoms with Crippen molar-refractivity contribution in [1.29, 1.82) is 5.41 Å². The van der Waals surface area contributed by atoms with Crippen molar-refractivity contribution in [3.63, 3.8) is 0 Å². The van der Waals surface area contributed by atoms with Crippen LogP contribution in [0.2, 0.25) is 0 Å². The normalized spacial score (nSPS) is 10.5. The first-order valence-electron chi connectivity index (χ1n) is 2.56. The Bertz CT molecular complexity index is 191. The van der Waals surface area contributed by atoms with Crippen LogP contribution < -0.4 is 5.32 Å². The Morgan fingerprint density at radius 3 is 2.55 bits per heavy atom. The van der Waals surface area contributed by atoms with E-state index in [-0.39, 0.29) is 0 Å². The third-order valence-electron chi connectivity index (χ3n) is 0.703. The summed E-state index contributed by atoms with van der Waals surface area (Å²) in [6.07, 6.45) is 1.44. The number of rotatable bonds is 4. The predicted octanol–water partition coefficient (Wildman–Crippen LogP) is 0.417. The second kappa shape index (κ2) is 4.37. The van der Waals surface area contributed by atoms with E-state index in [1.54, 1.807) is 0 Å². The molecular weight excluding hydrogens is 158 g/mol. The van der Waals surface area contributed by atoms with Crippen LogP contribution in [0.3, 0.4) is 0 Å². The molecule has 0 aromatic carbocycles. The molecule has 0 rings (SSSR count). The van der Waals surface area contributed by atoms with E-state index >= 15 is 0 Å². The summed E-state index contributed by atoms with van der Waals surface area (Å²) in [4.78, 5) is 9.88. The fraction of sp³-hybridized carbons (Fsp3) is 0.200. The van der Waals surface area contributed by atoms with Gasteiger partial charge in [-0.3, -0.25) is 5.41 Å². The fourth-order valence-electron chi connectivity index (χ4n) is 0.275.